The van der Waals surface area contributed by atoms with E-state index in [-0.39, 0.29) is 5.78 Å². The molecule has 146 valence electrons. The van der Waals surface area contributed by atoms with Crippen LogP contribution in [0.3, 0.4) is 0 Å². The van der Waals surface area contributed by atoms with Crippen molar-refractivity contribution in [1.29, 1.82) is 0 Å². The first-order valence-electron chi connectivity index (χ1n) is 9.14. The van der Waals surface area contributed by atoms with E-state index in [1.54, 1.807) is 21.3 Å². The summed E-state index contributed by atoms with van der Waals surface area (Å²) in [5.41, 5.74) is 1.73. The summed E-state index contributed by atoms with van der Waals surface area (Å²) in [6.07, 6.45) is 1.28. The lowest BCUT2D eigenvalue weighted by molar-refractivity contribution is -0.119. The van der Waals surface area contributed by atoms with Crippen LogP contribution in [0.4, 0.5) is 0 Å². The van der Waals surface area contributed by atoms with Crippen LogP contribution in [-0.4, -0.2) is 33.7 Å². The van der Waals surface area contributed by atoms with Crippen molar-refractivity contribution in [2.24, 2.45) is 0 Å². The number of Topliss-reactive ketones (excluding diaryl/α,β-unsaturated/α-hetero) is 1. The molecule has 0 saturated carbocycles. The number of ether oxygens (including phenoxy) is 4. The topological polar surface area (TPSA) is 54.0 Å². The number of methoxy groups -OCH3 is 3. The number of hydrogen-bond acceptors (Lipinski definition) is 5. The highest BCUT2D eigenvalue weighted by molar-refractivity contribution is 5.89. The third kappa shape index (κ3) is 4.73. The third-order valence-corrected chi connectivity index (χ3v) is 4.38. The van der Waals surface area contributed by atoms with E-state index < -0.39 is 5.92 Å². The normalized spacial score (nSPS) is 11.6. The molecular formula is C22H28O5. The molecule has 0 aliphatic carbocycles. The first kappa shape index (κ1) is 20.6. The highest BCUT2D eigenvalue weighted by Gasteiger charge is 2.24. The number of carbonyl (C=O) groups excluding carboxylic acids is 1. The highest BCUT2D eigenvalue weighted by atomic mass is 16.5. The van der Waals surface area contributed by atoms with Crippen LogP contribution in [0.1, 0.15) is 43.7 Å². The van der Waals surface area contributed by atoms with Crippen molar-refractivity contribution in [2.75, 3.05) is 27.9 Å². The average molecular weight is 372 g/mol. The van der Waals surface area contributed by atoms with Crippen LogP contribution < -0.4 is 18.9 Å². The van der Waals surface area contributed by atoms with Gasteiger partial charge >= 0.3 is 0 Å². The van der Waals surface area contributed by atoms with Gasteiger partial charge in [-0.1, -0.05) is 19.1 Å². The number of carbonyl (C=O) groups is 1. The lowest BCUT2D eigenvalue weighted by atomic mass is 9.85. The first-order valence-corrected chi connectivity index (χ1v) is 9.14. The summed E-state index contributed by atoms with van der Waals surface area (Å²) in [5, 5.41) is 0. The molecule has 0 saturated heterocycles. The van der Waals surface area contributed by atoms with Gasteiger partial charge in [-0.2, -0.15) is 0 Å². The van der Waals surface area contributed by atoms with Crippen LogP contribution in [-0.2, 0) is 4.79 Å². The molecule has 2 aromatic carbocycles. The van der Waals surface area contributed by atoms with Crippen LogP contribution in [0.2, 0.25) is 0 Å². The van der Waals surface area contributed by atoms with Crippen molar-refractivity contribution >= 4 is 5.78 Å². The third-order valence-electron chi connectivity index (χ3n) is 4.38. The minimum absolute atomic E-state index is 0.150. The Balaban J connectivity index is 2.56. The monoisotopic (exact) mass is 372 g/mol. The molecule has 0 amide bonds. The van der Waals surface area contributed by atoms with Crippen LogP contribution in [0, 0.1) is 0 Å². The van der Waals surface area contributed by atoms with Gasteiger partial charge < -0.3 is 18.9 Å². The summed E-state index contributed by atoms with van der Waals surface area (Å²) in [5.74, 6) is 2.25. The Labute approximate surface area is 161 Å². The van der Waals surface area contributed by atoms with Gasteiger partial charge in [0, 0.05) is 6.42 Å². The molecule has 0 spiro atoms. The Kier molecular flexibility index (Phi) is 7.53. The lowest BCUT2D eigenvalue weighted by Gasteiger charge is -2.20. The van der Waals surface area contributed by atoms with Crippen molar-refractivity contribution in [3.8, 4) is 23.0 Å². The van der Waals surface area contributed by atoms with Crippen LogP contribution in [0.5, 0.6) is 23.0 Å². The van der Waals surface area contributed by atoms with Gasteiger partial charge in [0.15, 0.2) is 23.0 Å². The Morgan fingerprint density at radius 1 is 0.815 bits per heavy atom. The maximum absolute atomic E-state index is 13.0. The average Bonchev–Trinajstić information content (AvgIpc) is 2.68. The molecule has 0 radical (unpaired) electrons. The Morgan fingerprint density at radius 2 is 1.33 bits per heavy atom. The van der Waals surface area contributed by atoms with E-state index in [4.69, 9.17) is 18.9 Å². The predicted octanol–water partition coefficient (Wildman–Crippen LogP) is 4.61. The molecule has 27 heavy (non-hydrogen) atoms. The van der Waals surface area contributed by atoms with E-state index in [2.05, 4.69) is 0 Å². The van der Waals surface area contributed by atoms with E-state index in [0.717, 1.165) is 17.5 Å². The summed E-state index contributed by atoms with van der Waals surface area (Å²) in [6, 6.07) is 11.2. The van der Waals surface area contributed by atoms with Crippen LogP contribution >= 0.6 is 0 Å². The van der Waals surface area contributed by atoms with Crippen molar-refractivity contribution in [2.45, 2.75) is 32.6 Å². The fourth-order valence-electron chi connectivity index (χ4n) is 3.13. The SMILES string of the molecule is CCCC(=O)C(c1ccc(OC)c(OC)c1)c1ccc(OC)c(OCC)c1. The number of ketones is 1. The molecule has 0 heterocycles. The van der Waals surface area contributed by atoms with Gasteiger partial charge in [0.05, 0.1) is 33.9 Å². The second kappa shape index (κ2) is 9.86. The standard InChI is InChI=1S/C22H28O5/c1-6-8-17(23)22(15-9-11-18(24-3)20(13-15)26-5)16-10-12-19(25-4)21(14-16)27-7-2/h9-14,22H,6-8H2,1-5H3. The molecular weight excluding hydrogens is 344 g/mol. The first-order chi connectivity index (χ1) is 13.1. The number of rotatable bonds is 10. The fourth-order valence-corrected chi connectivity index (χ4v) is 3.13. The largest absolute Gasteiger partial charge is 0.493 e. The molecule has 5 heteroatoms. The molecule has 0 aromatic heterocycles. The predicted molar refractivity (Wildman–Crippen MR) is 105 cm³/mol. The molecule has 2 aromatic rings. The molecule has 1 unspecified atom stereocenters. The Hall–Kier alpha value is -2.69. The van der Waals surface area contributed by atoms with E-state index in [1.807, 2.05) is 50.2 Å². The van der Waals surface area contributed by atoms with Gasteiger partial charge in [0.25, 0.3) is 0 Å². The summed E-state index contributed by atoms with van der Waals surface area (Å²) >= 11 is 0. The summed E-state index contributed by atoms with van der Waals surface area (Å²) in [7, 11) is 4.78. The molecule has 0 bridgehead atoms. The van der Waals surface area contributed by atoms with Gasteiger partial charge in [-0.15, -0.1) is 0 Å². The maximum Gasteiger partial charge on any atom is 0.161 e. The van der Waals surface area contributed by atoms with Crippen LogP contribution in [0.25, 0.3) is 0 Å². The van der Waals surface area contributed by atoms with E-state index in [1.165, 1.54) is 0 Å². The molecule has 1 atom stereocenters. The smallest absolute Gasteiger partial charge is 0.161 e. The molecule has 0 aliphatic rings. The van der Waals surface area contributed by atoms with Crippen LogP contribution in [0.15, 0.2) is 36.4 Å². The van der Waals surface area contributed by atoms with Gasteiger partial charge in [-0.3, -0.25) is 4.79 Å². The highest BCUT2D eigenvalue weighted by Crippen LogP contribution is 2.37. The van der Waals surface area contributed by atoms with E-state index >= 15 is 0 Å². The molecule has 0 N–H and O–H groups in total. The van der Waals surface area contributed by atoms with Crippen molar-refractivity contribution in [3.63, 3.8) is 0 Å². The summed E-state index contributed by atoms with van der Waals surface area (Å²) in [6.45, 7) is 4.44. The molecule has 0 aliphatic heterocycles. The fraction of sp³-hybridized carbons (Fsp3) is 0.409. The molecule has 0 fully saturated rings. The zero-order chi connectivity index (χ0) is 19.8. The van der Waals surface area contributed by atoms with E-state index in [9.17, 15) is 4.79 Å². The quantitative estimate of drug-likeness (QED) is 0.609. The molecule has 5 nitrogen and oxygen atoms in total. The Bertz CT molecular complexity index is 769. The zero-order valence-electron chi connectivity index (χ0n) is 16.7. The molecule has 2 rings (SSSR count). The van der Waals surface area contributed by atoms with Crippen molar-refractivity contribution in [3.05, 3.63) is 47.5 Å². The number of benzene rings is 2. The van der Waals surface area contributed by atoms with Gasteiger partial charge in [0.1, 0.15) is 5.78 Å². The minimum Gasteiger partial charge on any atom is -0.493 e. The zero-order valence-corrected chi connectivity index (χ0v) is 16.7. The van der Waals surface area contributed by atoms with E-state index in [0.29, 0.717) is 36.0 Å². The maximum atomic E-state index is 13.0. The van der Waals surface area contributed by atoms with Gasteiger partial charge in [0.2, 0.25) is 0 Å². The lowest BCUT2D eigenvalue weighted by Crippen LogP contribution is -2.14. The van der Waals surface area contributed by atoms with Gasteiger partial charge in [-0.25, -0.2) is 0 Å². The number of hydrogen-bond donors (Lipinski definition) is 0. The second-order valence-corrected chi connectivity index (χ2v) is 6.11. The summed E-state index contributed by atoms with van der Waals surface area (Å²) < 4.78 is 21.8. The van der Waals surface area contributed by atoms with Crippen molar-refractivity contribution < 1.29 is 23.7 Å². The van der Waals surface area contributed by atoms with Crippen molar-refractivity contribution in [1.82, 2.24) is 0 Å². The van der Waals surface area contributed by atoms with Gasteiger partial charge in [-0.05, 0) is 48.7 Å². The summed E-state index contributed by atoms with van der Waals surface area (Å²) in [4.78, 5) is 13.0. The Morgan fingerprint density at radius 3 is 1.81 bits per heavy atom. The minimum atomic E-state index is -0.408. The second-order valence-electron chi connectivity index (χ2n) is 6.11.